The highest BCUT2D eigenvalue weighted by molar-refractivity contribution is 5.93. The summed E-state index contributed by atoms with van der Waals surface area (Å²) in [4.78, 5) is 26.3. The molecule has 0 spiro atoms. The summed E-state index contributed by atoms with van der Waals surface area (Å²) in [5.74, 6) is 0.763. The van der Waals surface area contributed by atoms with Crippen LogP contribution in [0.2, 0.25) is 0 Å². The van der Waals surface area contributed by atoms with Crippen LogP contribution in [0.5, 0.6) is 0 Å². The number of carbonyl (C=O) groups is 2. The molecule has 6 nitrogen and oxygen atoms in total. The number of morpholine rings is 1. The lowest BCUT2D eigenvalue weighted by Gasteiger charge is -2.25. The second kappa shape index (κ2) is 10.4. The van der Waals surface area contributed by atoms with Crippen LogP contribution < -0.4 is 10.6 Å². The van der Waals surface area contributed by atoms with E-state index in [2.05, 4.69) is 15.5 Å². The van der Waals surface area contributed by atoms with Crippen LogP contribution in [-0.4, -0.2) is 49.6 Å². The zero-order chi connectivity index (χ0) is 18.9. The van der Waals surface area contributed by atoms with E-state index in [1.807, 2.05) is 24.3 Å². The minimum absolute atomic E-state index is 0.0267. The lowest BCUT2D eigenvalue weighted by Crippen LogP contribution is -2.41. The number of amides is 2. The normalized spacial score (nSPS) is 18.8. The molecule has 148 valence electrons. The third-order valence-corrected chi connectivity index (χ3v) is 5.43. The maximum Gasteiger partial charge on any atom is 0.238 e. The molecule has 0 radical (unpaired) electrons. The van der Waals surface area contributed by atoms with E-state index in [9.17, 15) is 9.59 Å². The zero-order valence-corrected chi connectivity index (χ0v) is 16.0. The lowest BCUT2D eigenvalue weighted by atomic mass is 9.86. The summed E-state index contributed by atoms with van der Waals surface area (Å²) in [5.41, 5.74) is 1.52. The molecular weight excluding hydrogens is 342 g/mol. The van der Waals surface area contributed by atoms with Gasteiger partial charge in [0.25, 0.3) is 0 Å². The van der Waals surface area contributed by atoms with Crippen LogP contribution in [-0.2, 0) is 14.3 Å². The summed E-state index contributed by atoms with van der Waals surface area (Å²) in [5, 5.41) is 5.86. The van der Waals surface area contributed by atoms with Crippen LogP contribution in [0.25, 0.3) is 0 Å². The fourth-order valence-corrected chi connectivity index (χ4v) is 3.83. The highest BCUT2D eigenvalue weighted by atomic mass is 16.5. The predicted molar refractivity (Wildman–Crippen MR) is 107 cm³/mol. The van der Waals surface area contributed by atoms with Crippen LogP contribution in [0.15, 0.2) is 24.3 Å². The second-order valence-electron chi connectivity index (χ2n) is 7.60. The third-order valence-electron chi connectivity index (χ3n) is 5.43. The Kier molecular flexibility index (Phi) is 7.66. The summed E-state index contributed by atoms with van der Waals surface area (Å²) in [6.07, 6.45) is 8.08. The van der Waals surface area contributed by atoms with Crippen molar-refractivity contribution in [2.75, 3.05) is 43.5 Å². The molecule has 2 fully saturated rings. The van der Waals surface area contributed by atoms with Crippen molar-refractivity contribution >= 4 is 23.2 Å². The molecule has 2 N–H and O–H groups in total. The Morgan fingerprint density at radius 1 is 0.926 bits per heavy atom. The molecule has 0 aromatic heterocycles. The van der Waals surface area contributed by atoms with E-state index in [1.54, 1.807) is 0 Å². The van der Waals surface area contributed by atoms with Gasteiger partial charge in [-0.1, -0.05) is 32.1 Å². The Bertz CT molecular complexity index is 606. The third kappa shape index (κ3) is 6.96. The van der Waals surface area contributed by atoms with Gasteiger partial charge < -0.3 is 15.4 Å². The molecule has 1 saturated carbocycles. The minimum Gasteiger partial charge on any atom is -0.379 e. The second-order valence-corrected chi connectivity index (χ2v) is 7.60. The highest BCUT2D eigenvalue weighted by Gasteiger charge is 2.16. The molecule has 1 aliphatic carbocycles. The Balaban J connectivity index is 1.38. The topological polar surface area (TPSA) is 70.7 Å². The molecule has 1 aromatic carbocycles. The molecular formula is C21H31N3O3. The Morgan fingerprint density at radius 2 is 1.52 bits per heavy atom. The molecule has 2 amide bonds. The van der Waals surface area contributed by atoms with E-state index in [1.165, 1.54) is 32.1 Å². The number of anilines is 2. The molecule has 27 heavy (non-hydrogen) atoms. The molecule has 3 rings (SSSR count). The van der Waals surface area contributed by atoms with Gasteiger partial charge in [-0.25, -0.2) is 0 Å². The summed E-state index contributed by atoms with van der Waals surface area (Å²) < 4.78 is 5.29. The van der Waals surface area contributed by atoms with Crippen LogP contribution in [0, 0.1) is 5.92 Å². The lowest BCUT2D eigenvalue weighted by molar-refractivity contribution is -0.118. The first kappa shape index (κ1) is 19.8. The van der Waals surface area contributed by atoms with Crippen LogP contribution in [0.4, 0.5) is 11.4 Å². The maximum absolute atomic E-state index is 12.1. The molecule has 0 atom stereocenters. The molecule has 0 bridgehead atoms. The van der Waals surface area contributed by atoms with Gasteiger partial charge in [-0.2, -0.15) is 0 Å². The first-order chi connectivity index (χ1) is 13.2. The van der Waals surface area contributed by atoms with Gasteiger partial charge in [0.2, 0.25) is 11.8 Å². The van der Waals surface area contributed by atoms with Crippen LogP contribution in [0.3, 0.4) is 0 Å². The van der Waals surface area contributed by atoms with Gasteiger partial charge in [-0.15, -0.1) is 0 Å². The number of carbonyl (C=O) groups excluding carboxylic acids is 2. The Labute approximate surface area is 161 Å². The van der Waals surface area contributed by atoms with E-state index < -0.39 is 0 Å². The fourth-order valence-electron chi connectivity index (χ4n) is 3.83. The predicted octanol–water partition coefficient (Wildman–Crippen LogP) is 3.26. The Morgan fingerprint density at radius 3 is 2.15 bits per heavy atom. The number of nitrogens with zero attached hydrogens (tertiary/aromatic N) is 1. The average Bonchev–Trinajstić information content (AvgIpc) is 2.69. The molecule has 1 aromatic rings. The smallest absolute Gasteiger partial charge is 0.238 e. The zero-order valence-electron chi connectivity index (χ0n) is 16.0. The molecule has 6 heteroatoms. The van der Waals surface area contributed by atoms with Crippen molar-refractivity contribution in [2.45, 2.75) is 44.9 Å². The average molecular weight is 373 g/mol. The van der Waals surface area contributed by atoms with Crippen molar-refractivity contribution in [1.29, 1.82) is 0 Å². The number of hydrogen-bond acceptors (Lipinski definition) is 4. The van der Waals surface area contributed by atoms with Gasteiger partial charge in [-0.05, 0) is 36.6 Å². The quantitative estimate of drug-likeness (QED) is 0.770. The van der Waals surface area contributed by atoms with Crippen molar-refractivity contribution in [1.82, 2.24) is 4.90 Å². The summed E-state index contributed by atoms with van der Waals surface area (Å²) in [7, 11) is 0. The van der Waals surface area contributed by atoms with Crippen LogP contribution >= 0.6 is 0 Å². The number of benzene rings is 1. The van der Waals surface area contributed by atoms with Crippen molar-refractivity contribution in [2.24, 2.45) is 5.92 Å². The molecule has 1 aliphatic heterocycles. The number of rotatable bonds is 7. The molecule has 1 saturated heterocycles. The largest absolute Gasteiger partial charge is 0.379 e. The standard InChI is InChI=1S/C21H31N3O3/c25-20(11-6-17-4-2-1-3-5-17)22-18-7-9-19(10-8-18)23-21(26)16-24-12-14-27-15-13-24/h7-10,17H,1-6,11-16H2,(H,22,25)(H,23,26). The summed E-state index contributed by atoms with van der Waals surface area (Å²) in [6, 6.07) is 7.33. The van der Waals surface area contributed by atoms with E-state index in [0.29, 0.717) is 32.1 Å². The van der Waals surface area contributed by atoms with Gasteiger partial charge in [-0.3, -0.25) is 14.5 Å². The summed E-state index contributed by atoms with van der Waals surface area (Å²) in [6.45, 7) is 3.33. The highest BCUT2D eigenvalue weighted by Crippen LogP contribution is 2.27. The van der Waals surface area contributed by atoms with E-state index >= 15 is 0 Å². The van der Waals surface area contributed by atoms with Crippen molar-refractivity contribution in [3.63, 3.8) is 0 Å². The Hall–Kier alpha value is -1.92. The monoisotopic (exact) mass is 373 g/mol. The first-order valence-corrected chi connectivity index (χ1v) is 10.2. The number of ether oxygens (including phenoxy) is 1. The number of hydrogen-bond donors (Lipinski definition) is 2. The van der Waals surface area contributed by atoms with Gasteiger partial charge in [0, 0.05) is 30.9 Å². The summed E-state index contributed by atoms with van der Waals surface area (Å²) >= 11 is 0. The molecule has 0 unspecified atom stereocenters. The minimum atomic E-state index is -0.0267. The van der Waals surface area contributed by atoms with Crippen molar-refractivity contribution < 1.29 is 14.3 Å². The van der Waals surface area contributed by atoms with Crippen LogP contribution in [0.1, 0.15) is 44.9 Å². The van der Waals surface area contributed by atoms with Crippen molar-refractivity contribution in [3.8, 4) is 0 Å². The maximum atomic E-state index is 12.1. The van der Waals surface area contributed by atoms with Gasteiger partial charge in [0.1, 0.15) is 0 Å². The molecule has 1 heterocycles. The van der Waals surface area contributed by atoms with Gasteiger partial charge in [0.15, 0.2) is 0 Å². The number of nitrogens with one attached hydrogen (secondary N) is 2. The van der Waals surface area contributed by atoms with E-state index in [0.717, 1.165) is 30.9 Å². The van der Waals surface area contributed by atoms with E-state index in [-0.39, 0.29) is 11.8 Å². The molecule has 2 aliphatic rings. The van der Waals surface area contributed by atoms with E-state index in [4.69, 9.17) is 4.74 Å². The van der Waals surface area contributed by atoms with Crippen molar-refractivity contribution in [3.05, 3.63) is 24.3 Å². The van der Waals surface area contributed by atoms with Gasteiger partial charge >= 0.3 is 0 Å². The fraction of sp³-hybridized carbons (Fsp3) is 0.619. The first-order valence-electron chi connectivity index (χ1n) is 10.2. The SMILES string of the molecule is O=C(CCC1CCCCC1)Nc1ccc(NC(=O)CN2CCOCC2)cc1. The van der Waals surface area contributed by atoms with Gasteiger partial charge in [0.05, 0.1) is 19.8 Å².